The zero-order chi connectivity index (χ0) is 15.2. The second kappa shape index (κ2) is 9.61. The number of anilines is 1. The molecule has 0 atom stereocenters. The number of halogens is 1. The van der Waals surface area contributed by atoms with Crippen molar-refractivity contribution in [3.05, 3.63) is 29.8 Å². The molecule has 6 heteroatoms. The largest absolute Gasteiger partial charge is 0.370 e. The van der Waals surface area contributed by atoms with Crippen molar-refractivity contribution >= 4 is 47.4 Å². The molecular weight excluding hydrogens is 419 g/mol. The molecule has 0 spiro atoms. The highest BCUT2D eigenvalue weighted by molar-refractivity contribution is 14.0. The van der Waals surface area contributed by atoms with Crippen LogP contribution < -0.4 is 10.2 Å². The van der Waals surface area contributed by atoms with Crippen LogP contribution >= 0.6 is 35.7 Å². The van der Waals surface area contributed by atoms with Gasteiger partial charge in [-0.3, -0.25) is 4.99 Å². The van der Waals surface area contributed by atoms with Gasteiger partial charge in [-0.25, -0.2) is 0 Å². The van der Waals surface area contributed by atoms with Crippen molar-refractivity contribution in [3.63, 3.8) is 0 Å². The lowest BCUT2D eigenvalue weighted by Gasteiger charge is -2.28. The molecule has 0 bridgehead atoms. The SMILES string of the molecule is CN=C(NCc1ccc(N2CCSCC2)cc1)N1CCCC1.I. The fourth-order valence-corrected chi connectivity index (χ4v) is 3.99. The summed E-state index contributed by atoms with van der Waals surface area (Å²) in [5.74, 6) is 3.53. The first-order chi connectivity index (χ1) is 10.9. The summed E-state index contributed by atoms with van der Waals surface area (Å²) in [5, 5.41) is 3.49. The quantitative estimate of drug-likeness (QED) is 0.440. The standard InChI is InChI=1S/C17H26N4S.HI/c1-18-17(21-8-2-3-9-21)19-14-15-4-6-16(7-5-15)20-10-12-22-13-11-20;/h4-7H,2-3,8-14H2,1H3,(H,18,19);1H. The van der Waals surface area contributed by atoms with Crippen molar-refractivity contribution in [3.8, 4) is 0 Å². The number of rotatable bonds is 3. The number of nitrogens with one attached hydrogen (secondary N) is 1. The molecule has 2 heterocycles. The van der Waals surface area contributed by atoms with Crippen molar-refractivity contribution in [2.75, 3.05) is 49.6 Å². The van der Waals surface area contributed by atoms with Gasteiger partial charge in [-0.1, -0.05) is 12.1 Å². The normalized spacial score (nSPS) is 18.7. The van der Waals surface area contributed by atoms with E-state index < -0.39 is 0 Å². The molecule has 0 aromatic heterocycles. The van der Waals surface area contributed by atoms with Gasteiger partial charge >= 0.3 is 0 Å². The second-order valence-electron chi connectivity index (χ2n) is 5.86. The van der Waals surface area contributed by atoms with Gasteiger partial charge in [0.25, 0.3) is 0 Å². The molecule has 128 valence electrons. The highest BCUT2D eigenvalue weighted by Gasteiger charge is 2.15. The van der Waals surface area contributed by atoms with Gasteiger partial charge in [0, 0.05) is 57.0 Å². The number of benzene rings is 1. The summed E-state index contributed by atoms with van der Waals surface area (Å²) < 4.78 is 0. The molecule has 0 amide bonds. The minimum atomic E-state index is 0. The summed E-state index contributed by atoms with van der Waals surface area (Å²) in [5.41, 5.74) is 2.67. The summed E-state index contributed by atoms with van der Waals surface area (Å²) in [6, 6.07) is 8.99. The second-order valence-corrected chi connectivity index (χ2v) is 7.09. The number of aliphatic imine (C=N–C) groups is 1. The van der Waals surface area contributed by atoms with E-state index >= 15 is 0 Å². The topological polar surface area (TPSA) is 30.9 Å². The average Bonchev–Trinajstić information content (AvgIpc) is 3.11. The Hall–Kier alpha value is -0.630. The van der Waals surface area contributed by atoms with E-state index in [0.29, 0.717) is 0 Å². The number of thioether (sulfide) groups is 1. The van der Waals surface area contributed by atoms with Crippen molar-refractivity contribution in [1.82, 2.24) is 10.2 Å². The molecule has 3 rings (SSSR count). The van der Waals surface area contributed by atoms with Crippen LogP contribution in [0.15, 0.2) is 29.3 Å². The molecule has 0 aliphatic carbocycles. The van der Waals surface area contributed by atoms with Crippen LogP contribution in [0.4, 0.5) is 5.69 Å². The van der Waals surface area contributed by atoms with Gasteiger partial charge in [0.15, 0.2) is 5.96 Å². The van der Waals surface area contributed by atoms with Crippen molar-refractivity contribution in [1.29, 1.82) is 0 Å². The number of hydrogen-bond donors (Lipinski definition) is 1. The Balaban J connectivity index is 0.00000192. The van der Waals surface area contributed by atoms with E-state index in [2.05, 4.69) is 56.1 Å². The molecular formula is C17H27IN4S. The van der Waals surface area contributed by atoms with Gasteiger partial charge in [-0.15, -0.1) is 24.0 Å². The number of guanidine groups is 1. The lowest BCUT2D eigenvalue weighted by molar-refractivity contribution is 0.493. The van der Waals surface area contributed by atoms with Gasteiger partial charge < -0.3 is 15.1 Å². The number of likely N-dealkylation sites (tertiary alicyclic amines) is 1. The van der Waals surface area contributed by atoms with Gasteiger partial charge in [0.2, 0.25) is 0 Å². The summed E-state index contributed by atoms with van der Waals surface area (Å²) in [6.07, 6.45) is 2.56. The van der Waals surface area contributed by atoms with Crippen molar-refractivity contribution < 1.29 is 0 Å². The van der Waals surface area contributed by atoms with Gasteiger partial charge in [0.05, 0.1) is 0 Å². The Morgan fingerprint density at radius 3 is 2.35 bits per heavy atom. The fourth-order valence-electron chi connectivity index (χ4n) is 3.09. The van der Waals surface area contributed by atoms with E-state index in [9.17, 15) is 0 Å². The lowest BCUT2D eigenvalue weighted by Crippen LogP contribution is -2.39. The minimum absolute atomic E-state index is 0. The molecule has 2 aliphatic heterocycles. The van der Waals surface area contributed by atoms with Crippen LogP contribution in [-0.4, -0.2) is 55.6 Å². The maximum atomic E-state index is 4.40. The van der Waals surface area contributed by atoms with E-state index in [-0.39, 0.29) is 24.0 Å². The third-order valence-corrected chi connectivity index (χ3v) is 5.32. The van der Waals surface area contributed by atoms with Crippen LogP contribution in [0, 0.1) is 0 Å². The van der Waals surface area contributed by atoms with Crippen LogP contribution in [0.1, 0.15) is 18.4 Å². The lowest BCUT2D eigenvalue weighted by atomic mass is 10.2. The molecule has 0 unspecified atom stereocenters. The first-order valence-electron chi connectivity index (χ1n) is 8.24. The maximum absolute atomic E-state index is 4.40. The van der Waals surface area contributed by atoms with Crippen molar-refractivity contribution in [2.24, 2.45) is 4.99 Å². The molecule has 1 N–H and O–H groups in total. The Morgan fingerprint density at radius 2 is 1.74 bits per heavy atom. The van der Waals surface area contributed by atoms with Crippen molar-refractivity contribution in [2.45, 2.75) is 19.4 Å². The molecule has 0 radical (unpaired) electrons. The minimum Gasteiger partial charge on any atom is -0.370 e. The smallest absolute Gasteiger partial charge is 0.193 e. The predicted molar refractivity (Wildman–Crippen MR) is 112 cm³/mol. The molecule has 4 nitrogen and oxygen atoms in total. The van der Waals surface area contributed by atoms with Gasteiger partial charge in [0.1, 0.15) is 0 Å². The van der Waals surface area contributed by atoms with Gasteiger partial charge in [-0.2, -0.15) is 11.8 Å². The maximum Gasteiger partial charge on any atom is 0.193 e. The monoisotopic (exact) mass is 446 g/mol. The fraction of sp³-hybridized carbons (Fsp3) is 0.588. The highest BCUT2D eigenvalue weighted by atomic mass is 127. The molecule has 0 saturated carbocycles. The zero-order valence-corrected chi connectivity index (χ0v) is 17.0. The summed E-state index contributed by atoms with van der Waals surface area (Å²) >= 11 is 2.05. The van der Waals surface area contributed by atoms with Crippen LogP contribution in [0.25, 0.3) is 0 Å². The molecule has 23 heavy (non-hydrogen) atoms. The summed E-state index contributed by atoms with van der Waals surface area (Å²) in [4.78, 5) is 9.23. The van der Waals surface area contributed by atoms with Gasteiger partial charge in [-0.05, 0) is 30.5 Å². The Morgan fingerprint density at radius 1 is 1.09 bits per heavy atom. The first kappa shape index (κ1) is 18.7. The molecule has 1 aromatic rings. The third-order valence-electron chi connectivity index (χ3n) is 4.38. The van der Waals surface area contributed by atoms with Crippen LogP contribution in [0.3, 0.4) is 0 Å². The Bertz CT molecular complexity index is 494. The molecule has 2 fully saturated rings. The predicted octanol–water partition coefficient (Wildman–Crippen LogP) is 3.03. The Kier molecular flexibility index (Phi) is 7.82. The third kappa shape index (κ3) is 5.17. The van der Waals surface area contributed by atoms with E-state index in [0.717, 1.165) is 25.6 Å². The van der Waals surface area contributed by atoms with Crippen LogP contribution in [0.2, 0.25) is 0 Å². The summed E-state index contributed by atoms with van der Waals surface area (Å²) in [6.45, 7) is 5.45. The zero-order valence-electron chi connectivity index (χ0n) is 13.8. The summed E-state index contributed by atoms with van der Waals surface area (Å²) in [7, 11) is 1.87. The highest BCUT2D eigenvalue weighted by Crippen LogP contribution is 2.19. The van der Waals surface area contributed by atoms with E-state index in [1.165, 1.54) is 48.7 Å². The van der Waals surface area contributed by atoms with E-state index in [1.807, 2.05) is 7.05 Å². The molecule has 2 aliphatic rings. The Labute approximate surface area is 161 Å². The average molecular weight is 446 g/mol. The molecule has 2 saturated heterocycles. The van der Waals surface area contributed by atoms with Crippen LogP contribution in [-0.2, 0) is 6.54 Å². The number of nitrogens with zero attached hydrogens (tertiary/aromatic N) is 3. The van der Waals surface area contributed by atoms with Crippen LogP contribution in [0.5, 0.6) is 0 Å². The van der Waals surface area contributed by atoms with E-state index in [4.69, 9.17) is 0 Å². The van der Waals surface area contributed by atoms with E-state index in [1.54, 1.807) is 0 Å². The molecule has 1 aromatic carbocycles. The number of hydrogen-bond acceptors (Lipinski definition) is 3. The first-order valence-corrected chi connectivity index (χ1v) is 9.39.